The summed E-state index contributed by atoms with van der Waals surface area (Å²) in [5.74, 6) is 0.0697. The van der Waals surface area contributed by atoms with Gasteiger partial charge in [0.2, 0.25) is 5.91 Å². The fraction of sp³-hybridized carbons (Fsp3) is 0.409. The Kier molecular flexibility index (Phi) is 4.57. The third-order valence-corrected chi connectivity index (χ3v) is 6.91. The average Bonchev–Trinajstić information content (AvgIpc) is 3.07. The largest absolute Gasteiger partial charge is 0.372 e. The molecule has 2 aliphatic rings. The van der Waals surface area contributed by atoms with Gasteiger partial charge in [-0.25, -0.2) is 0 Å². The number of hydrogen-bond acceptors (Lipinski definition) is 5. The van der Waals surface area contributed by atoms with Crippen molar-refractivity contribution in [2.24, 2.45) is 13.0 Å². The monoisotopic (exact) mass is 425 g/mol. The topological polar surface area (TPSA) is 72.3 Å². The molecule has 3 atom stereocenters. The molecule has 8 heteroatoms. The molecule has 2 aromatic heterocycles. The summed E-state index contributed by atoms with van der Waals surface area (Å²) in [5.41, 5.74) is 3.16. The minimum absolute atomic E-state index is 0.0839. The van der Waals surface area contributed by atoms with E-state index in [0.29, 0.717) is 23.9 Å². The summed E-state index contributed by atoms with van der Waals surface area (Å²) in [6, 6.07) is 9.82. The van der Waals surface area contributed by atoms with Gasteiger partial charge in [-0.15, -0.1) is 10.2 Å². The first-order valence-electron chi connectivity index (χ1n) is 10.1. The van der Waals surface area contributed by atoms with Crippen LogP contribution < -0.4 is 5.32 Å². The van der Waals surface area contributed by atoms with E-state index in [1.165, 1.54) is 22.0 Å². The predicted molar refractivity (Wildman–Crippen MR) is 116 cm³/mol. The van der Waals surface area contributed by atoms with Crippen LogP contribution in [0.4, 0.5) is 5.82 Å². The number of nitrogens with one attached hydrogen (secondary N) is 1. The molecular weight excluding hydrogens is 402 g/mol. The maximum atomic E-state index is 13.1. The molecule has 1 N–H and O–H groups in total. The molecule has 0 radical (unpaired) electrons. The van der Waals surface area contributed by atoms with Crippen LogP contribution in [0, 0.1) is 5.92 Å². The van der Waals surface area contributed by atoms with Crippen molar-refractivity contribution in [2.45, 2.75) is 24.5 Å². The zero-order valence-electron chi connectivity index (χ0n) is 17.2. The molecule has 1 aliphatic heterocycles. The number of likely N-dealkylation sites (N-methyl/N-ethyl adjacent to an activating group) is 1. The summed E-state index contributed by atoms with van der Waals surface area (Å²) in [4.78, 5) is 15.4. The van der Waals surface area contributed by atoms with Crippen LogP contribution in [0.5, 0.6) is 0 Å². The molecule has 3 aromatic rings. The molecule has 30 heavy (non-hydrogen) atoms. The number of benzene rings is 1. The first-order chi connectivity index (χ1) is 14.4. The Morgan fingerprint density at radius 1 is 1.27 bits per heavy atom. The van der Waals surface area contributed by atoms with E-state index >= 15 is 0 Å². The van der Waals surface area contributed by atoms with Crippen LogP contribution in [-0.2, 0) is 28.6 Å². The Hall–Kier alpha value is -2.48. The summed E-state index contributed by atoms with van der Waals surface area (Å²) in [6.45, 7) is 0.654. The van der Waals surface area contributed by atoms with Gasteiger partial charge in [0.25, 0.3) is 0 Å². The van der Waals surface area contributed by atoms with Crippen molar-refractivity contribution in [3.63, 3.8) is 0 Å². The van der Waals surface area contributed by atoms with E-state index in [9.17, 15) is 4.79 Å². The lowest BCUT2D eigenvalue weighted by atomic mass is 9.68. The van der Waals surface area contributed by atoms with Crippen LogP contribution in [0.25, 0.3) is 10.9 Å². The van der Waals surface area contributed by atoms with E-state index in [-0.39, 0.29) is 17.9 Å². The zero-order valence-corrected chi connectivity index (χ0v) is 18.0. The second-order valence-corrected chi connectivity index (χ2v) is 8.74. The molecule has 0 spiro atoms. The van der Waals surface area contributed by atoms with Crippen molar-refractivity contribution in [3.8, 4) is 0 Å². The summed E-state index contributed by atoms with van der Waals surface area (Å²) in [5, 5.41) is 12.2. The van der Waals surface area contributed by atoms with E-state index in [1.807, 2.05) is 0 Å². The second kappa shape index (κ2) is 7.04. The highest BCUT2D eigenvalue weighted by Crippen LogP contribution is 2.49. The van der Waals surface area contributed by atoms with Gasteiger partial charge >= 0.3 is 0 Å². The van der Waals surface area contributed by atoms with Gasteiger partial charge in [0, 0.05) is 43.8 Å². The molecule has 5 rings (SSSR count). The first kappa shape index (κ1) is 19.5. The number of anilines is 1. The van der Waals surface area contributed by atoms with Gasteiger partial charge in [-0.2, -0.15) is 0 Å². The number of halogens is 1. The number of nitrogens with zero attached hydrogens (tertiary/aromatic N) is 4. The lowest BCUT2D eigenvalue weighted by Crippen LogP contribution is -2.60. The molecule has 3 heterocycles. The van der Waals surface area contributed by atoms with Gasteiger partial charge in [0.1, 0.15) is 5.60 Å². The second-order valence-electron chi connectivity index (χ2n) is 8.35. The number of carbonyl (C=O) groups excluding carboxylic acids is 1. The highest BCUT2D eigenvalue weighted by atomic mass is 35.5. The minimum Gasteiger partial charge on any atom is -0.372 e. The number of hydrogen-bond donors (Lipinski definition) is 1. The zero-order chi connectivity index (χ0) is 21.0. The predicted octanol–water partition coefficient (Wildman–Crippen LogP) is 2.98. The van der Waals surface area contributed by atoms with Crippen LogP contribution in [0.1, 0.15) is 17.5 Å². The molecule has 1 fully saturated rings. The van der Waals surface area contributed by atoms with Crippen LogP contribution in [0.15, 0.2) is 36.5 Å². The van der Waals surface area contributed by atoms with Crippen molar-refractivity contribution in [2.75, 3.05) is 26.0 Å². The first-order valence-corrected chi connectivity index (χ1v) is 10.4. The summed E-state index contributed by atoms with van der Waals surface area (Å²) >= 11 is 5.80. The third-order valence-electron chi connectivity index (χ3n) is 6.71. The molecule has 1 saturated heterocycles. The molecule has 1 aromatic carbocycles. The van der Waals surface area contributed by atoms with Gasteiger partial charge in [0.15, 0.2) is 11.0 Å². The van der Waals surface area contributed by atoms with Crippen molar-refractivity contribution in [3.05, 3.63) is 52.8 Å². The fourth-order valence-corrected chi connectivity index (χ4v) is 5.48. The standard InChI is InChI=1S/C22H24ClN5O2/c1-27-11-13-9-17-22(30-3,15-5-4-6-16(27)20(13)15)10-14(12-28(17)2)21(29)24-19-8-7-18(23)25-26-19/h4-8,11,14,17H,9-10,12H2,1-3H3,(H,24,26,29)/t14?,17-,22+/m1/s1. The molecule has 156 valence electrons. The highest BCUT2D eigenvalue weighted by molar-refractivity contribution is 6.29. The number of ether oxygens (including phenoxy) is 1. The fourth-order valence-electron chi connectivity index (χ4n) is 5.38. The maximum absolute atomic E-state index is 13.1. The number of carbonyl (C=O) groups is 1. The molecule has 7 nitrogen and oxygen atoms in total. The normalized spacial score (nSPS) is 25.9. The molecule has 0 saturated carbocycles. The lowest BCUT2D eigenvalue weighted by Gasteiger charge is -2.52. The molecule has 1 amide bonds. The van der Waals surface area contributed by atoms with Crippen LogP contribution >= 0.6 is 11.6 Å². The number of rotatable bonds is 3. The summed E-state index contributed by atoms with van der Waals surface area (Å²) < 4.78 is 8.46. The smallest absolute Gasteiger partial charge is 0.230 e. The van der Waals surface area contributed by atoms with Crippen LogP contribution in [-0.4, -0.2) is 52.3 Å². The Balaban J connectivity index is 1.53. The van der Waals surface area contributed by atoms with E-state index in [2.05, 4.69) is 63.5 Å². The maximum Gasteiger partial charge on any atom is 0.230 e. The molecule has 1 aliphatic carbocycles. The molecule has 0 bridgehead atoms. The SMILES string of the molecule is CO[C@]12CC(C(=O)Nc3ccc(Cl)nn3)CN(C)[C@@H]1Cc1cn(C)c3cccc2c13. The van der Waals surface area contributed by atoms with Gasteiger partial charge in [-0.1, -0.05) is 23.7 Å². The van der Waals surface area contributed by atoms with E-state index in [0.717, 1.165) is 6.42 Å². The Morgan fingerprint density at radius 2 is 2.10 bits per heavy atom. The van der Waals surface area contributed by atoms with Crippen LogP contribution in [0.2, 0.25) is 5.15 Å². The molecule has 1 unspecified atom stereocenters. The van der Waals surface area contributed by atoms with Gasteiger partial charge in [-0.05, 0) is 49.2 Å². The van der Waals surface area contributed by atoms with Crippen molar-refractivity contribution < 1.29 is 9.53 Å². The van der Waals surface area contributed by atoms with E-state index in [1.54, 1.807) is 19.2 Å². The number of aromatic nitrogens is 3. The number of fused-ring (bicyclic) bond motifs is 2. The van der Waals surface area contributed by atoms with Crippen molar-refractivity contribution in [1.82, 2.24) is 19.7 Å². The number of aryl methyl sites for hydroxylation is 1. The number of piperidine rings is 1. The quantitative estimate of drug-likeness (QED) is 0.698. The molecular formula is C22H24ClN5O2. The summed E-state index contributed by atoms with van der Waals surface area (Å²) in [6.07, 6.45) is 3.73. The average molecular weight is 426 g/mol. The summed E-state index contributed by atoms with van der Waals surface area (Å²) in [7, 11) is 5.92. The highest BCUT2D eigenvalue weighted by Gasteiger charge is 2.53. The van der Waals surface area contributed by atoms with Crippen LogP contribution in [0.3, 0.4) is 0 Å². The van der Waals surface area contributed by atoms with Gasteiger partial charge in [0.05, 0.1) is 5.92 Å². The van der Waals surface area contributed by atoms with Crippen molar-refractivity contribution >= 4 is 34.2 Å². The number of amides is 1. The lowest BCUT2D eigenvalue weighted by molar-refractivity contribution is -0.143. The minimum atomic E-state index is -0.547. The number of methoxy groups -OCH3 is 1. The van der Waals surface area contributed by atoms with Gasteiger partial charge < -0.3 is 14.6 Å². The van der Waals surface area contributed by atoms with Crippen molar-refractivity contribution in [1.29, 1.82) is 0 Å². The van der Waals surface area contributed by atoms with E-state index < -0.39 is 5.60 Å². The Morgan fingerprint density at radius 3 is 2.83 bits per heavy atom. The number of likely N-dealkylation sites (tertiary alicyclic amines) is 1. The van der Waals surface area contributed by atoms with Gasteiger partial charge in [-0.3, -0.25) is 9.69 Å². The third kappa shape index (κ3) is 2.84. The van der Waals surface area contributed by atoms with E-state index in [4.69, 9.17) is 16.3 Å². The Bertz CT molecular complexity index is 1130. The Labute approximate surface area is 180 Å².